The summed E-state index contributed by atoms with van der Waals surface area (Å²) < 4.78 is 5.26. The number of guanidine groups is 1. The number of aliphatic imine (C=N–C) groups is 1. The molecule has 3 aromatic heterocycles. The van der Waals surface area contributed by atoms with Crippen LogP contribution >= 0.6 is 35.3 Å². The average molecular weight is 459 g/mol. The molecule has 0 fully saturated rings. The second-order valence-electron chi connectivity index (χ2n) is 4.73. The van der Waals surface area contributed by atoms with E-state index in [0.29, 0.717) is 36.5 Å². The van der Waals surface area contributed by atoms with Gasteiger partial charge in [-0.25, -0.2) is 9.97 Å². The molecule has 0 atom stereocenters. The number of rotatable bonds is 5. The predicted molar refractivity (Wildman–Crippen MR) is 103 cm³/mol. The molecule has 3 N–H and O–H groups in total. The molecule has 0 amide bonds. The van der Waals surface area contributed by atoms with E-state index in [1.165, 1.54) is 4.88 Å². The van der Waals surface area contributed by atoms with Gasteiger partial charge >= 0.3 is 0 Å². The van der Waals surface area contributed by atoms with Gasteiger partial charge in [-0.2, -0.15) is 0 Å². The highest BCUT2D eigenvalue weighted by Crippen LogP contribution is 2.14. The van der Waals surface area contributed by atoms with E-state index >= 15 is 0 Å². The SMILES string of the molecule is CN=C(NCc1nc(-c2ccco2)n[nH]1)NCc1ncc(C)s1.I. The first-order valence-corrected chi connectivity index (χ1v) is 7.87. The predicted octanol–water partition coefficient (Wildman–Crippen LogP) is 2.31. The first kappa shape index (κ1) is 18.4. The lowest BCUT2D eigenvalue weighted by molar-refractivity contribution is 0.577. The Morgan fingerprint density at radius 1 is 1.38 bits per heavy atom. The van der Waals surface area contributed by atoms with Crippen molar-refractivity contribution in [2.75, 3.05) is 7.05 Å². The van der Waals surface area contributed by atoms with Crippen molar-refractivity contribution in [2.24, 2.45) is 4.99 Å². The van der Waals surface area contributed by atoms with Crippen LogP contribution in [-0.2, 0) is 13.1 Å². The summed E-state index contributed by atoms with van der Waals surface area (Å²) in [6, 6.07) is 3.62. The molecule has 0 aromatic carbocycles. The van der Waals surface area contributed by atoms with E-state index in [2.05, 4.69) is 35.8 Å². The van der Waals surface area contributed by atoms with Gasteiger partial charge in [0, 0.05) is 18.1 Å². The Kier molecular flexibility index (Phi) is 6.73. The third-order valence-corrected chi connectivity index (χ3v) is 3.91. The van der Waals surface area contributed by atoms with Gasteiger partial charge in [0.05, 0.1) is 19.4 Å². The Bertz CT molecular complexity index is 781. The van der Waals surface area contributed by atoms with Crippen LogP contribution in [0.15, 0.2) is 34.0 Å². The van der Waals surface area contributed by atoms with E-state index in [0.717, 1.165) is 5.01 Å². The summed E-state index contributed by atoms with van der Waals surface area (Å²) in [5.74, 6) is 2.54. The van der Waals surface area contributed by atoms with Crippen LogP contribution in [0, 0.1) is 6.92 Å². The van der Waals surface area contributed by atoms with E-state index < -0.39 is 0 Å². The molecule has 10 heteroatoms. The molecule has 128 valence electrons. The van der Waals surface area contributed by atoms with Crippen LogP contribution in [0.5, 0.6) is 0 Å². The summed E-state index contributed by atoms with van der Waals surface area (Å²) in [6.45, 7) is 3.14. The normalized spacial score (nSPS) is 11.2. The highest BCUT2D eigenvalue weighted by molar-refractivity contribution is 14.0. The first-order valence-electron chi connectivity index (χ1n) is 7.05. The van der Waals surface area contributed by atoms with Crippen molar-refractivity contribution >= 4 is 41.3 Å². The zero-order valence-electron chi connectivity index (χ0n) is 13.2. The maximum absolute atomic E-state index is 5.26. The number of thiazole rings is 1. The number of aromatic amines is 1. The van der Waals surface area contributed by atoms with Gasteiger partial charge in [-0.1, -0.05) is 0 Å². The smallest absolute Gasteiger partial charge is 0.216 e. The molecule has 8 nitrogen and oxygen atoms in total. The Hall–Kier alpha value is -1.95. The summed E-state index contributed by atoms with van der Waals surface area (Å²) in [5, 5.41) is 14.4. The summed E-state index contributed by atoms with van der Waals surface area (Å²) >= 11 is 1.66. The molecular weight excluding hydrogens is 441 g/mol. The molecule has 3 aromatic rings. The molecule has 0 aliphatic rings. The lowest BCUT2D eigenvalue weighted by Crippen LogP contribution is -2.36. The fourth-order valence-electron chi connectivity index (χ4n) is 1.92. The number of nitrogens with zero attached hydrogens (tertiary/aromatic N) is 4. The fraction of sp³-hybridized carbons (Fsp3) is 0.286. The summed E-state index contributed by atoms with van der Waals surface area (Å²) in [7, 11) is 1.72. The molecule has 0 radical (unpaired) electrons. The van der Waals surface area contributed by atoms with Crippen LogP contribution in [0.2, 0.25) is 0 Å². The molecule has 0 saturated carbocycles. The van der Waals surface area contributed by atoms with Crippen LogP contribution in [0.25, 0.3) is 11.6 Å². The van der Waals surface area contributed by atoms with Gasteiger partial charge < -0.3 is 15.1 Å². The first-order chi connectivity index (χ1) is 11.2. The minimum atomic E-state index is 0. The highest BCUT2D eigenvalue weighted by atomic mass is 127. The maximum Gasteiger partial charge on any atom is 0.216 e. The summed E-state index contributed by atoms with van der Waals surface area (Å²) in [5.41, 5.74) is 0. The summed E-state index contributed by atoms with van der Waals surface area (Å²) in [4.78, 5) is 14.0. The van der Waals surface area contributed by atoms with Crippen molar-refractivity contribution in [1.29, 1.82) is 0 Å². The number of furan rings is 1. The van der Waals surface area contributed by atoms with Gasteiger partial charge in [0.1, 0.15) is 10.8 Å². The van der Waals surface area contributed by atoms with Crippen molar-refractivity contribution < 1.29 is 4.42 Å². The standard InChI is InChI=1S/C14H17N7OS.HI/c1-9-6-16-12(23-9)8-18-14(15-2)17-7-11-19-13(21-20-11)10-4-3-5-22-10;/h3-6H,7-8H2,1-2H3,(H2,15,17,18)(H,19,20,21);1H. The Balaban J connectivity index is 0.00000208. The van der Waals surface area contributed by atoms with Crippen LogP contribution in [0.4, 0.5) is 0 Å². The second kappa shape index (κ2) is 8.78. The Labute approximate surface area is 160 Å². The number of aryl methyl sites for hydroxylation is 1. The summed E-state index contributed by atoms with van der Waals surface area (Å²) in [6.07, 6.45) is 3.46. The molecule has 3 rings (SSSR count). The maximum atomic E-state index is 5.26. The number of aromatic nitrogens is 4. The van der Waals surface area contributed by atoms with Crippen molar-refractivity contribution in [2.45, 2.75) is 20.0 Å². The minimum Gasteiger partial charge on any atom is -0.461 e. The molecule has 0 saturated heterocycles. The molecule has 3 heterocycles. The number of nitrogens with one attached hydrogen (secondary N) is 3. The van der Waals surface area contributed by atoms with Gasteiger partial charge in [0.15, 0.2) is 11.7 Å². The number of hydrogen-bond acceptors (Lipinski definition) is 6. The van der Waals surface area contributed by atoms with E-state index in [1.807, 2.05) is 19.2 Å². The quantitative estimate of drug-likeness (QED) is 0.308. The third-order valence-electron chi connectivity index (χ3n) is 3.00. The lowest BCUT2D eigenvalue weighted by atomic mass is 10.4. The molecule has 0 bridgehead atoms. The largest absolute Gasteiger partial charge is 0.461 e. The van der Waals surface area contributed by atoms with E-state index in [4.69, 9.17) is 4.42 Å². The Morgan fingerprint density at radius 3 is 2.88 bits per heavy atom. The van der Waals surface area contributed by atoms with Crippen LogP contribution in [0.3, 0.4) is 0 Å². The highest BCUT2D eigenvalue weighted by Gasteiger charge is 2.08. The fourth-order valence-corrected chi connectivity index (χ4v) is 2.65. The number of halogens is 1. The molecule has 0 spiro atoms. The lowest BCUT2D eigenvalue weighted by Gasteiger charge is -2.09. The zero-order valence-corrected chi connectivity index (χ0v) is 16.4. The molecule has 0 unspecified atom stereocenters. The van der Waals surface area contributed by atoms with E-state index in [-0.39, 0.29) is 24.0 Å². The number of H-pyrrole nitrogens is 1. The van der Waals surface area contributed by atoms with Crippen molar-refractivity contribution in [3.63, 3.8) is 0 Å². The third kappa shape index (κ3) is 4.77. The van der Waals surface area contributed by atoms with Crippen LogP contribution in [0.1, 0.15) is 15.7 Å². The van der Waals surface area contributed by atoms with E-state index in [9.17, 15) is 0 Å². The van der Waals surface area contributed by atoms with E-state index in [1.54, 1.807) is 30.7 Å². The molecule has 24 heavy (non-hydrogen) atoms. The van der Waals surface area contributed by atoms with Gasteiger partial charge in [-0.15, -0.1) is 40.4 Å². The van der Waals surface area contributed by atoms with Crippen LogP contribution in [-0.4, -0.2) is 33.2 Å². The Morgan fingerprint density at radius 2 is 2.21 bits per heavy atom. The molecular formula is C14H18IN7OS. The van der Waals surface area contributed by atoms with Crippen molar-refractivity contribution in [3.05, 3.63) is 40.3 Å². The van der Waals surface area contributed by atoms with Gasteiger partial charge in [0.25, 0.3) is 0 Å². The van der Waals surface area contributed by atoms with Gasteiger partial charge in [-0.3, -0.25) is 10.1 Å². The average Bonchev–Trinajstić information content (AvgIpc) is 3.28. The second-order valence-corrected chi connectivity index (χ2v) is 6.05. The molecule has 0 aliphatic heterocycles. The van der Waals surface area contributed by atoms with Gasteiger partial charge in [-0.05, 0) is 19.1 Å². The van der Waals surface area contributed by atoms with Gasteiger partial charge in [0.2, 0.25) is 5.82 Å². The van der Waals surface area contributed by atoms with Crippen molar-refractivity contribution in [3.8, 4) is 11.6 Å². The molecule has 0 aliphatic carbocycles. The zero-order chi connectivity index (χ0) is 16.1. The minimum absolute atomic E-state index is 0. The monoisotopic (exact) mass is 459 g/mol. The van der Waals surface area contributed by atoms with Crippen LogP contribution < -0.4 is 10.6 Å². The number of hydrogen-bond donors (Lipinski definition) is 3. The van der Waals surface area contributed by atoms with Crippen molar-refractivity contribution in [1.82, 2.24) is 30.8 Å². The topological polar surface area (TPSA) is 104 Å².